The lowest BCUT2D eigenvalue weighted by molar-refractivity contribution is -0.143. The first-order chi connectivity index (χ1) is 43.6. The summed E-state index contributed by atoms with van der Waals surface area (Å²) in [5.74, 6) is -11.0. The Hall–Kier alpha value is -9.24. The largest absolute Gasteiger partial charge is 0.480 e. The van der Waals surface area contributed by atoms with Gasteiger partial charge in [-0.1, -0.05) is 120 Å². The molecule has 1 saturated heterocycles. The summed E-state index contributed by atoms with van der Waals surface area (Å²) in [5, 5.41) is 32.4. The quantitative estimate of drug-likeness (QED) is 0.0285. The Morgan fingerprint density at radius 1 is 0.554 bits per heavy atom. The number of amides is 11. The van der Waals surface area contributed by atoms with Gasteiger partial charge >= 0.3 is 5.97 Å². The number of carbonyl (C=O) groups excluding carboxylic acids is 11. The normalized spacial score (nSPS) is 15.9. The van der Waals surface area contributed by atoms with Crippen LogP contribution in [0, 0.1) is 17.8 Å². The summed E-state index contributed by atoms with van der Waals surface area (Å²) in [5.41, 5.74) is 25.1. The molecule has 27 heteroatoms. The van der Waals surface area contributed by atoms with E-state index in [1.807, 2.05) is 27.7 Å². The SMILES string of the molecule is CC(C)C[C@H](NC(=O)[C@H](CCCN)NC(=O)[C@@H](NC(=O)[C@H](Cc1c[nH]c2ccccc12)NC(=O)[C@H](CCC(N)=O)NC(=O)[C@@H](N)CC(N)=O)C(C)C)C(=O)N[C@H](Cc1ccccc1)C(=O)N1CCC[C@H]1C(=O)N[C@@H](CC(C)C)C(=O)N[C@H](Cc1ccccc1)C(=O)O. The number of H-pyrrole nitrogens is 1. The molecule has 5 rings (SSSR count). The standard InChI is InChI=1S/C65H92N14O13/c1-36(2)29-47(59(85)76-50(31-39-17-9-7-10-18-39)64(90)79-28-16-24-52(79)62(88)75-48(30-37(3)4)60(86)77-51(65(91)92)32-40-19-11-8-12-20-40)73-57(83)45(23-15-27-66)72-63(89)55(38(5)6)78-61(87)49(33-41-35-70-44-22-14-13-21-42(41)44)74-58(84)46(25-26-53(68)80)71-56(82)43(67)34-54(69)81/h7-14,17-22,35-38,43,45-52,55,70H,15-16,23-34,66-67H2,1-6H3,(H2,68,80)(H2,69,81)(H,71,82)(H,72,89)(H,73,83)(H,74,84)(H,75,88)(H,76,85)(H,77,86)(H,78,87)(H,91,92)/t43-,45-,46-,47-,48-,49-,50+,51+,52-,55-/m0/s1. The van der Waals surface area contributed by atoms with E-state index in [2.05, 4.69) is 47.5 Å². The smallest absolute Gasteiger partial charge is 0.326 e. The topological polar surface area (TPSA) is 444 Å². The highest BCUT2D eigenvalue weighted by Gasteiger charge is 2.41. The van der Waals surface area contributed by atoms with Crippen LogP contribution in [0.25, 0.3) is 10.9 Å². The molecule has 11 amide bonds. The Morgan fingerprint density at radius 3 is 1.60 bits per heavy atom. The average molecular weight is 1280 g/mol. The highest BCUT2D eigenvalue weighted by Crippen LogP contribution is 2.23. The first-order valence-corrected chi connectivity index (χ1v) is 31.3. The lowest BCUT2D eigenvalue weighted by Crippen LogP contribution is -2.61. The lowest BCUT2D eigenvalue weighted by Gasteiger charge is -2.32. The van der Waals surface area contributed by atoms with Gasteiger partial charge in [-0.25, -0.2) is 4.79 Å². The molecule has 0 bridgehead atoms. The van der Waals surface area contributed by atoms with E-state index >= 15 is 0 Å². The second-order valence-corrected chi connectivity index (χ2v) is 24.6. The monoisotopic (exact) mass is 1280 g/mol. The summed E-state index contributed by atoms with van der Waals surface area (Å²) < 4.78 is 0. The molecule has 2 heterocycles. The van der Waals surface area contributed by atoms with Gasteiger partial charge in [0.05, 0.1) is 12.5 Å². The van der Waals surface area contributed by atoms with Crippen molar-refractivity contribution in [1.82, 2.24) is 52.4 Å². The van der Waals surface area contributed by atoms with Crippen LogP contribution in [0.4, 0.5) is 0 Å². The molecule has 500 valence electrons. The summed E-state index contributed by atoms with van der Waals surface area (Å²) in [7, 11) is 0. The molecule has 27 nitrogen and oxygen atoms in total. The number of carboxylic acid groups (broad SMARTS) is 1. The zero-order valence-corrected chi connectivity index (χ0v) is 53.2. The maximum absolute atomic E-state index is 14.9. The average Bonchev–Trinajstić information content (AvgIpc) is 1.70. The molecule has 3 aromatic carbocycles. The lowest BCUT2D eigenvalue weighted by atomic mass is 9.98. The van der Waals surface area contributed by atoms with E-state index in [0.29, 0.717) is 34.0 Å². The summed E-state index contributed by atoms with van der Waals surface area (Å²) in [6, 6.07) is 11.6. The third kappa shape index (κ3) is 22.9. The zero-order valence-electron chi connectivity index (χ0n) is 53.2. The van der Waals surface area contributed by atoms with Gasteiger partial charge in [-0.15, -0.1) is 0 Å². The minimum absolute atomic E-state index is 0.00464. The van der Waals surface area contributed by atoms with Crippen molar-refractivity contribution >= 4 is 81.9 Å². The Labute approximate surface area is 535 Å². The van der Waals surface area contributed by atoms with E-state index in [1.54, 1.807) is 105 Å². The van der Waals surface area contributed by atoms with Crippen LogP contribution in [0.2, 0.25) is 0 Å². The fraction of sp³-hybridized carbons (Fsp3) is 0.508. The molecular weight excluding hydrogens is 1180 g/mol. The van der Waals surface area contributed by atoms with Crippen molar-refractivity contribution in [3.05, 3.63) is 108 Å². The molecule has 1 aromatic heterocycles. The predicted octanol–water partition coefficient (Wildman–Crippen LogP) is 0.105. The van der Waals surface area contributed by atoms with Crippen LogP contribution >= 0.6 is 0 Å². The fourth-order valence-corrected chi connectivity index (χ4v) is 10.9. The fourth-order valence-electron chi connectivity index (χ4n) is 10.9. The molecule has 18 N–H and O–H groups in total. The van der Waals surface area contributed by atoms with Crippen LogP contribution in [0.5, 0.6) is 0 Å². The maximum Gasteiger partial charge on any atom is 0.326 e. The summed E-state index contributed by atoms with van der Waals surface area (Å²) in [4.78, 5) is 169. The number of nitrogens with one attached hydrogen (secondary N) is 9. The zero-order chi connectivity index (χ0) is 67.8. The number of aliphatic carboxylic acids is 1. The number of para-hydroxylation sites is 1. The van der Waals surface area contributed by atoms with Crippen LogP contribution in [0.1, 0.15) is 116 Å². The molecule has 0 saturated carbocycles. The number of rotatable bonds is 37. The van der Waals surface area contributed by atoms with Gasteiger partial charge in [0.25, 0.3) is 0 Å². The number of nitrogens with zero attached hydrogens (tertiary/aromatic N) is 1. The molecule has 1 fully saturated rings. The first kappa shape index (κ1) is 73.5. The van der Waals surface area contributed by atoms with Crippen LogP contribution in [0.15, 0.2) is 91.1 Å². The van der Waals surface area contributed by atoms with Crippen molar-refractivity contribution in [2.24, 2.45) is 40.7 Å². The van der Waals surface area contributed by atoms with Gasteiger partial charge in [0.1, 0.15) is 54.4 Å². The number of nitrogens with two attached hydrogens (primary N) is 4. The van der Waals surface area contributed by atoms with Crippen molar-refractivity contribution in [2.45, 2.75) is 179 Å². The highest BCUT2D eigenvalue weighted by molar-refractivity contribution is 5.99. The van der Waals surface area contributed by atoms with E-state index in [1.165, 1.54) is 4.90 Å². The third-order valence-corrected chi connectivity index (χ3v) is 15.7. The van der Waals surface area contributed by atoms with Gasteiger partial charge in [0, 0.05) is 49.3 Å². The predicted molar refractivity (Wildman–Crippen MR) is 342 cm³/mol. The van der Waals surface area contributed by atoms with E-state index in [0.717, 1.165) is 0 Å². The summed E-state index contributed by atoms with van der Waals surface area (Å²) in [6.45, 7) is 10.8. The van der Waals surface area contributed by atoms with Crippen LogP contribution in [-0.4, -0.2) is 159 Å². The van der Waals surface area contributed by atoms with Crippen molar-refractivity contribution in [2.75, 3.05) is 13.1 Å². The minimum atomic E-state index is -1.49. The number of hydrogen-bond acceptors (Lipinski definition) is 14. The first-order valence-electron chi connectivity index (χ1n) is 31.3. The van der Waals surface area contributed by atoms with Gasteiger partial charge in [-0.2, -0.15) is 0 Å². The second kappa shape index (κ2) is 36.0. The summed E-state index contributed by atoms with van der Waals surface area (Å²) in [6.07, 6.45) is 1.21. The number of carbonyl (C=O) groups is 12. The molecule has 10 atom stereocenters. The third-order valence-electron chi connectivity index (χ3n) is 15.7. The van der Waals surface area contributed by atoms with Gasteiger partial charge in [0.2, 0.25) is 65.0 Å². The molecule has 1 aliphatic heterocycles. The number of aromatic nitrogens is 1. The van der Waals surface area contributed by atoms with Crippen molar-refractivity contribution < 1.29 is 62.6 Å². The van der Waals surface area contributed by atoms with Crippen molar-refractivity contribution in [1.29, 1.82) is 0 Å². The number of fused-ring (bicyclic) bond motifs is 1. The molecule has 92 heavy (non-hydrogen) atoms. The van der Waals surface area contributed by atoms with Crippen molar-refractivity contribution in [3.8, 4) is 0 Å². The number of primary amides is 2. The van der Waals surface area contributed by atoms with E-state index in [9.17, 15) is 62.6 Å². The van der Waals surface area contributed by atoms with Gasteiger partial charge in [0.15, 0.2) is 0 Å². The van der Waals surface area contributed by atoms with Gasteiger partial charge in [-0.3, -0.25) is 52.7 Å². The van der Waals surface area contributed by atoms with E-state index < -0.39 is 144 Å². The van der Waals surface area contributed by atoms with Gasteiger partial charge < -0.3 is 80.5 Å². The van der Waals surface area contributed by atoms with Crippen molar-refractivity contribution in [3.63, 3.8) is 0 Å². The van der Waals surface area contributed by atoms with Crippen LogP contribution in [0.3, 0.4) is 0 Å². The molecule has 0 aliphatic carbocycles. The molecule has 0 spiro atoms. The molecule has 1 aliphatic rings. The van der Waals surface area contributed by atoms with Gasteiger partial charge in [-0.05, 0) is 92.0 Å². The maximum atomic E-state index is 14.9. The molecule has 0 unspecified atom stereocenters. The molecular formula is C65H92N14O13. The van der Waals surface area contributed by atoms with E-state index in [4.69, 9.17) is 22.9 Å². The molecule has 4 aromatic rings. The Balaban J connectivity index is 1.37. The molecule has 0 radical (unpaired) electrons. The Kier molecular flexibility index (Phi) is 28.7. The second-order valence-electron chi connectivity index (χ2n) is 24.6. The van der Waals surface area contributed by atoms with Crippen LogP contribution in [-0.2, 0) is 76.8 Å². The number of carboxylic acids is 1. The summed E-state index contributed by atoms with van der Waals surface area (Å²) >= 11 is 0. The number of likely N-dealkylation sites (tertiary alicyclic amines) is 1. The highest BCUT2D eigenvalue weighted by atomic mass is 16.4. The minimum Gasteiger partial charge on any atom is -0.480 e. The van der Waals surface area contributed by atoms with Crippen LogP contribution < -0.4 is 65.5 Å². The Bertz CT molecular complexity index is 3200. The number of hydrogen-bond donors (Lipinski definition) is 14. The van der Waals surface area contributed by atoms with E-state index in [-0.39, 0.29) is 89.1 Å². The number of aromatic amines is 1. The number of benzene rings is 3. The Morgan fingerprint density at radius 2 is 1.04 bits per heavy atom.